The van der Waals surface area contributed by atoms with Gasteiger partial charge in [-0.25, -0.2) is 18.2 Å². The summed E-state index contributed by atoms with van der Waals surface area (Å²) in [6.07, 6.45) is 1.41. The Morgan fingerprint density at radius 1 is 1.06 bits per heavy atom. The standard InChI is InChI=1S/C24H22FN3O6S/c1-32-20-8-2-17(3-9-20)15-26-27-24(29)16-28(19-6-4-18(25)5-7-19)35(30,31)21-10-11-22-23(14-21)34-13-12-33-22/h2-11,14-15H,12-13,16H2,1H3,(H,27,29)/b26-15-. The van der Waals surface area contributed by atoms with Gasteiger partial charge in [0, 0.05) is 6.07 Å². The molecule has 1 heterocycles. The molecule has 11 heteroatoms. The average molecular weight is 500 g/mol. The number of nitrogens with one attached hydrogen (secondary N) is 1. The van der Waals surface area contributed by atoms with Crippen molar-refractivity contribution in [2.45, 2.75) is 4.90 Å². The van der Waals surface area contributed by atoms with Crippen LogP contribution in [0.25, 0.3) is 0 Å². The summed E-state index contributed by atoms with van der Waals surface area (Å²) in [6.45, 7) is 0.0488. The summed E-state index contributed by atoms with van der Waals surface area (Å²) < 4.78 is 57.4. The molecule has 1 aliphatic rings. The van der Waals surface area contributed by atoms with Crippen molar-refractivity contribution in [3.8, 4) is 17.2 Å². The first-order chi connectivity index (χ1) is 16.9. The SMILES string of the molecule is COc1ccc(/C=N\NC(=O)CN(c2ccc(F)cc2)S(=O)(=O)c2ccc3c(c2)OCCO3)cc1. The quantitative estimate of drug-likeness (QED) is 0.377. The number of carbonyl (C=O) groups is 1. The molecule has 1 N–H and O–H groups in total. The minimum atomic E-state index is -4.23. The lowest BCUT2D eigenvalue weighted by molar-refractivity contribution is -0.119. The van der Waals surface area contributed by atoms with E-state index in [2.05, 4.69) is 10.5 Å². The van der Waals surface area contributed by atoms with Crippen molar-refractivity contribution in [2.24, 2.45) is 5.10 Å². The number of carbonyl (C=O) groups excluding carboxylic acids is 1. The van der Waals surface area contributed by atoms with Gasteiger partial charge in [-0.1, -0.05) is 0 Å². The summed E-state index contributed by atoms with van der Waals surface area (Å²) in [5.41, 5.74) is 3.13. The summed E-state index contributed by atoms with van der Waals surface area (Å²) in [5.74, 6) is 0.142. The van der Waals surface area contributed by atoms with E-state index in [4.69, 9.17) is 14.2 Å². The fourth-order valence-corrected chi connectivity index (χ4v) is 4.71. The monoisotopic (exact) mass is 499 g/mol. The number of ether oxygens (including phenoxy) is 3. The third-order valence-electron chi connectivity index (χ3n) is 5.02. The van der Waals surface area contributed by atoms with Crippen LogP contribution in [0.2, 0.25) is 0 Å². The fourth-order valence-electron chi connectivity index (χ4n) is 3.27. The molecular formula is C24H22FN3O6S. The lowest BCUT2D eigenvalue weighted by atomic mass is 10.2. The van der Waals surface area contributed by atoms with Crippen LogP contribution in [0.4, 0.5) is 10.1 Å². The Bertz CT molecular complexity index is 1330. The van der Waals surface area contributed by atoms with Gasteiger partial charge in [-0.3, -0.25) is 9.10 Å². The highest BCUT2D eigenvalue weighted by Crippen LogP contribution is 2.34. The number of amides is 1. The molecular weight excluding hydrogens is 477 g/mol. The first kappa shape index (κ1) is 24.0. The van der Waals surface area contributed by atoms with E-state index in [1.165, 1.54) is 36.5 Å². The van der Waals surface area contributed by atoms with Gasteiger partial charge in [-0.05, 0) is 66.2 Å². The molecule has 1 amide bonds. The molecule has 0 saturated heterocycles. The number of nitrogens with zero attached hydrogens (tertiary/aromatic N) is 2. The van der Waals surface area contributed by atoms with Crippen LogP contribution in [0.15, 0.2) is 76.7 Å². The molecule has 182 valence electrons. The molecule has 4 rings (SSSR count). The number of hydrogen-bond donors (Lipinski definition) is 1. The maximum absolute atomic E-state index is 13.5. The summed E-state index contributed by atoms with van der Waals surface area (Å²) >= 11 is 0. The molecule has 3 aromatic carbocycles. The Balaban J connectivity index is 1.56. The van der Waals surface area contributed by atoms with Crippen molar-refractivity contribution in [3.05, 3.63) is 78.1 Å². The highest BCUT2D eigenvalue weighted by molar-refractivity contribution is 7.92. The second-order valence-corrected chi connectivity index (χ2v) is 9.22. The van der Waals surface area contributed by atoms with Crippen LogP contribution in [0.3, 0.4) is 0 Å². The second kappa shape index (κ2) is 10.4. The maximum Gasteiger partial charge on any atom is 0.264 e. The van der Waals surface area contributed by atoms with Crippen LogP contribution in [0.5, 0.6) is 17.2 Å². The van der Waals surface area contributed by atoms with E-state index in [1.807, 2.05) is 0 Å². The van der Waals surface area contributed by atoms with Crippen LogP contribution in [0, 0.1) is 5.82 Å². The Labute approximate surface area is 201 Å². The Morgan fingerprint density at radius 3 is 2.43 bits per heavy atom. The van der Waals surface area contributed by atoms with Gasteiger partial charge in [0.05, 0.1) is 23.9 Å². The first-order valence-corrected chi connectivity index (χ1v) is 11.9. The third-order valence-corrected chi connectivity index (χ3v) is 6.79. The number of fused-ring (bicyclic) bond motifs is 1. The smallest absolute Gasteiger partial charge is 0.264 e. The number of anilines is 1. The number of halogens is 1. The van der Waals surface area contributed by atoms with Crippen LogP contribution in [-0.2, 0) is 14.8 Å². The van der Waals surface area contributed by atoms with E-state index >= 15 is 0 Å². The van der Waals surface area contributed by atoms with Gasteiger partial charge in [0.1, 0.15) is 31.3 Å². The van der Waals surface area contributed by atoms with E-state index < -0.39 is 28.3 Å². The number of benzene rings is 3. The first-order valence-electron chi connectivity index (χ1n) is 10.5. The van der Waals surface area contributed by atoms with Gasteiger partial charge in [-0.2, -0.15) is 5.10 Å². The van der Waals surface area contributed by atoms with Crippen molar-refractivity contribution >= 4 is 27.8 Å². The second-order valence-electron chi connectivity index (χ2n) is 7.36. The zero-order valence-electron chi connectivity index (χ0n) is 18.7. The lowest BCUT2D eigenvalue weighted by Crippen LogP contribution is -2.39. The number of sulfonamides is 1. The van der Waals surface area contributed by atoms with Crippen molar-refractivity contribution in [1.82, 2.24) is 5.43 Å². The molecule has 0 radical (unpaired) electrons. The van der Waals surface area contributed by atoms with Gasteiger partial charge in [-0.15, -0.1) is 0 Å². The summed E-state index contributed by atoms with van der Waals surface area (Å²) in [7, 11) is -2.68. The van der Waals surface area contributed by atoms with Crippen molar-refractivity contribution in [1.29, 1.82) is 0 Å². The summed E-state index contributed by atoms with van der Waals surface area (Å²) in [5, 5.41) is 3.89. The molecule has 0 aromatic heterocycles. The normalized spacial score (nSPS) is 12.9. The molecule has 0 spiro atoms. The molecule has 0 aliphatic carbocycles. The predicted octanol–water partition coefficient (Wildman–Crippen LogP) is 2.95. The summed E-state index contributed by atoms with van der Waals surface area (Å²) in [4.78, 5) is 12.5. The van der Waals surface area contributed by atoms with Gasteiger partial charge >= 0.3 is 0 Å². The van der Waals surface area contributed by atoms with E-state index in [0.29, 0.717) is 23.7 Å². The van der Waals surface area contributed by atoms with E-state index in [-0.39, 0.29) is 22.9 Å². The molecule has 0 bridgehead atoms. The Hall–Kier alpha value is -4.12. The minimum Gasteiger partial charge on any atom is -0.497 e. The molecule has 0 saturated carbocycles. The van der Waals surface area contributed by atoms with Gasteiger partial charge in [0.2, 0.25) is 0 Å². The van der Waals surface area contributed by atoms with E-state index in [1.54, 1.807) is 31.4 Å². The molecule has 35 heavy (non-hydrogen) atoms. The van der Waals surface area contributed by atoms with Crippen LogP contribution >= 0.6 is 0 Å². The maximum atomic E-state index is 13.5. The molecule has 3 aromatic rings. The Kier molecular flexibility index (Phi) is 7.16. The zero-order valence-corrected chi connectivity index (χ0v) is 19.5. The summed E-state index contributed by atoms with van der Waals surface area (Å²) in [6, 6.07) is 15.9. The van der Waals surface area contributed by atoms with Crippen LogP contribution < -0.4 is 23.9 Å². The number of methoxy groups -OCH3 is 1. The van der Waals surface area contributed by atoms with Crippen molar-refractivity contribution < 1.29 is 31.8 Å². The number of hydrazone groups is 1. The third kappa shape index (κ3) is 5.69. The number of hydrogen-bond acceptors (Lipinski definition) is 7. The van der Waals surface area contributed by atoms with Gasteiger partial charge in [0.25, 0.3) is 15.9 Å². The molecule has 0 unspecified atom stereocenters. The minimum absolute atomic E-state index is 0.107. The molecule has 1 aliphatic heterocycles. The van der Waals surface area contributed by atoms with Crippen molar-refractivity contribution in [2.75, 3.05) is 31.2 Å². The highest BCUT2D eigenvalue weighted by atomic mass is 32.2. The van der Waals surface area contributed by atoms with Crippen molar-refractivity contribution in [3.63, 3.8) is 0 Å². The average Bonchev–Trinajstić information content (AvgIpc) is 2.88. The number of rotatable bonds is 8. The zero-order chi connectivity index (χ0) is 24.8. The lowest BCUT2D eigenvalue weighted by Gasteiger charge is -2.25. The van der Waals surface area contributed by atoms with E-state index in [9.17, 15) is 17.6 Å². The van der Waals surface area contributed by atoms with Crippen LogP contribution in [-0.4, -0.2) is 47.4 Å². The van der Waals surface area contributed by atoms with E-state index in [0.717, 1.165) is 16.4 Å². The van der Waals surface area contributed by atoms with Gasteiger partial charge < -0.3 is 14.2 Å². The van der Waals surface area contributed by atoms with Crippen LogP contribution in [0.1, 0.15) is 5.56 Å². The fraction of sp³-hybridized carbons (Fsp3) is 0.167. The van der Waals surface area contributed by atoms with Gasteiger partial charge in [0.15, 0.2) is 11.5 Å². The molecule has 0 atom stereocenters. The topological polar surface area (TPSA) is 107 Å². The highest BCUT2D eigenvalue weighted by Gasteiger charge is 2.29. The Morgan fingerprint density at radius 2 is 1.74 bits per heavy atom. The largest absolute Gasteiger partial charge is 0.497 e. The predicted molar refractivity (Wildman–Crippen MR) is 127 cm³/mol. The molecule has 9 nitrogen and oxygen atoms in total. The molecule has 0 fully saturated rings.